The van der Waals surface area contributed by atoms with E-state index in [1.54, 1.807) is 0 Å². The number of carbonyl (C=O) groups excluding carboxylic acids is 1. The van der Waals surface area contributed by atoms with Gasteiger partial charge < -0.3 is 10.6 Å². The molecule has 1 amide bonds. The third-order valence-corrected chi connectivity index (χ3v) is 3.56. The van der Waals surface area contributed by atoms with E-state index in [4.69, 9.17) is 0 Å². The van der Waals surface area contributed by atoms with E-state index < -0.39 is 9.84 Å². The molecular formula is C12H18N2O3S. The van der Waals surface area contributed by atoms with Gasteiger partial charge in [0.15, 0.2) is 9.84 Å². The van der Waals surface area contributed by atoms with Crippen molar-refractivity contribution in [3.8, 4) is 0 Å². The van der Waals surface area contributed by atoms with E-state index in [1.807, 2.05) is 7.05 Å². The maximum absolute atomic E-state index is 11.7. The summed E-state index contributed by atoms with van der Waals surface area (Å²) in [5, 5.41) is 5.75. The highest BCUT2D eigenvalue weighted by atomic mass is 32.2. The van der Waals surface area contributed by atoms with Gasteiger partial charge in [0.2, 0.25) is 0 Å². The van der Waals surface area contributed by atoms with Crippen LogP contribution in [0.25, 0.3) is 0 Å². The Labute approximate surface area is 108 Å². The lowest BCUT2D eigenvalue weighted by molar-refractivity contribution is 0.0953. The molecule has 1 aromatic carbocycles. The van der Waals surface area contributed by atoms with E-state index in [0.717, 1.165) is 19.2 Å². The van der Waals surface area contributed by atoms with Gasteiger partial charge >= 0.3 is 0 Å². The van der Waals surface area contributed by atoms with Gasteiger partial charge in [-0.1, -0.05) is 0 Å². The predicted octanol–water partition coefficient (Wildman–Crippen LogP) is 0.429. The average molecular weight is 270 g/mol. The van der Waals surface area contributed by atoms with E-state index in [2.05, 4.69) is 10.6 Å². The fourth-order valence-corrected chi connectivity index (χ4v) is 2.05. The standard InChI is InChI=1S/C12H18N2O3S/c1-13-8-3-9-14-12(15)10-4-6-11(7-5-10)18(2,16)17/h4-7,13H,3,8-9H2,1-2H3,(H,14,15). The quantitative estimate of drug-likeness (QED) is 0.735. The van der Waals surface area contributed by atoms with Gasteiger partial charge in [-0.2, -0.15) is 0 Å². The highest BCUT2D eigenvalue weighted by Gasteiger charge is 2.09. The fraction of sp³-hybridized carbons (Fsp3) is 0.417. The first kappa shape index (κ1) is 14.7. The second-order valence-corrected chi connectivity index (χ2v) is 6.03. The Kier molecular flexibility index (Phi) is 5.30. The molecule has 0 saturated carbocycles. The first-order valence-corrected chi connectivity index (χ1v) is 7.57. The monoisotopic (exact) mass is 270 g/mol. The van der Waals surface area contributed by atoms with E-state index in [9.17, 15) is 13.2 Å². The molecule has 100 valence electrons. The lowest BCUT2D eigenvalue weighted by Crippen LogP contribution is -2.26. The van der Waals surface area contributed by atoms with Crippen molar-refractivity contribution in [3.05, 3.63) is 29.8 Å². The van der Waals surface area contributed by atoms with E-state index in [-0.39, 0.29) is 10.8 Å². The van der Waals surface area contributed by atoms with Crippen molar-refractivity contribution in [2.75, 3.05) is 26.4 Å². The number of nitrogens with one attached hydrogen (secondary N) is 2. The Balaban J connectivity index is 2.60. The van der Waals surface area contributed by atoms with Crippen molar-refractivity contribution in [3.63, 3.8) is 0 Å². The minimum atomic E-state index is -3.21. The molecule has 2 N–H and O–H groups in total. The molecule has 0 atom stereocenters. The molecule has 0 aliphatic rings. The molecule has 0 unspecified atom stereocenters. The van der Waals surface area contributed by atoms with Gasteiger partial charge in [0, 0.05) is 18.4 Å². The van der Waals surface area contributed by atoms with Gasteiger partial charge in [0.05, 0.1) is 4.90 Å². The number of amides is 1. The van der Waals surface area contributed by atoms with Crippen LogP contribution in [0, 0.1) is 0 Å². The van der Waals surface area contributed by atoms with E-state index in [0.29, 0.717) is 12.1 Å². The molecule has 0 aliphatic carbocycles. The third kappa shape index (κ3) is 4.46. The number of hydrogen-bond donors (Lipinski definition) is 2. The third-order valence-electron chi connectivity index (χ3n) is 2.43. The molecule has 18 heavy (non-hydrogen) atoms. The molecular weight excluding hydrogens is 252 g/mol. The van der Waals surface area contributed by atoms with E-state index >= 15 is 0 Å². The Hall–Kier alpha value is -1.40. The molecule has 0 fully saturated rings. The lowest BCUT2D eigenvalue weighted by Gasteiger charge is -2.05. The summed E-state index contributed by atoms with van der Waals surface area (Å²) in [4.78, 5) is 11.9. The van der Waals surface area contributed by atoms with Crippen LogP contribution in [0.15, 0.2) is 29.2 Å². The van der Waals surface area contributed by atoms with Crippen LogP contribution in [0.5, 0.6) is 0 Å². The minimum Gasteiger partial charge on any atom is -0.352 e. The fourth-order valence-electron chi connectivity index (χ4n) is 1.42. The van der Waals surface area contributed by atoms with Gasteiger partial charge in [0.1, 0.15) is 0 Å². The van der Waals surface area contributed by atoms with Crippen molar-refractivity contribution in [2.24, 2.45) is 0 Å². The lowest BCUT2D eigenvalue weighted by atomic mass is 10.2. The van der Waals surface area contributed by atoms with Crippen molar-refractivity contribution in [2.45, 2.75) is 11.3 Å². The Morgan fingerprint density at radius 3 is 2.28 bits per heavy atom. The Morgan fingerprint density at radius 1 is 1.17 bits per heavy atom. The van der Waals surface area contributed by atoms with Crippen molar-refractivity contribution in [1.29, 1.82) is 0 Å². The summed E-state index contributed by atoms with van der Waals surface area (Å²) in [6.45, 7) is 1.43. The largest absolute Gasteiger partial charge is 0.352 e. The molecule has 0 radical (unpaired) electrons. The molecule has 0 spiro atoms. The normalized spacial score (nSPS) is 11.2. The summed E-state index contributed by atoms with van der Waals surface area (Å²) < 4.78 is 22.5. The molecule has 0 heterocycles. The maximum atomic E-state index is 11.7. The first-order valence-electron chi connectivity index (χ1n) is 5.68. The van der Waals surface area contributed by atoms with Crippen molar-refractivity contribution in [1.82, 2.24) is 10.6 Å². The number of sulfone groups is 1. The zero-order chi connectivity index (χ0) is 13.6. The number of carbonyl (C=O) groups is 1. The molecule has 5 nitrogen and oxygen atoms in total. The van der Waals surface area contributed by atoms with Crippen LogP contribution in [0.4, 0.5) is 0 Å². The van der Waals surface area contributed by atoms with Gasteiger partial charge in [-0.15, -0.1) is 0 Å². The average Bonchev–Trinajstić information content (AvgIpc) is 2.33. The van der Waals surface area contributed by atoms with Crippen LogP contribution in [-0.4, -0.2) is 40.7 Å². The summed E-state index contributed by atoms with van der Waals surface area (Å²) in [7, 11) is -1.36. The second kappa shape index (κ2) is 6.51. The maximum Gasteiger partial charge on any atom is 0.251 e. The zero-order valence-electron chi connectivity index (χ0n) is 10.6. The minimum absolute atomic E-state index is 0.189. The second-order valence-electron chi connectivity index (χ2n) is 4.01. The zero-order valence-corrected chi connectivity index (χ0v) is 11.4. The Bertz CT molecular complexity index is 495. The summed E-state index contributed by atoms with van der Waals surface area (Å²) in [5.41, 5.74) is 0.465. The van der Waals surface area contributed by atoms with Gasteiger partial charge in [-0.05, 0) is 44.3 Å². The van der Waals surface area contributed by atoms with Crippen LogP contribution in [-0.2, 0) is 9.84 Å². The first-order chi connectivity index (χ1) is 8.45. The molecule has 6 heteroatoms. The van der Waals surface area contributed by atoms with Crippen molar-refractivity contribution >= 4 is 15.7 Å². The van der Waals surface area contributed by atoms with Gasteiger partial charge in [0.25, 0.3) is 5.91 Å². The van der Waals surface area contributed by atoms with Crippen LogP contribution in [0.3, 0.4) is 0 Å². The van der Waals surface area contributed by atoms with Crippen molar-refractivity contribution < 1.29 is 13.2 Å². The summed E-state index contributed by atoms with van der Waals surface area (Å²) in [6, 6.07) is 5.92. The van der Waals surface area contributed by atoms with E-state index in [1.165, 1.54) is 24.3 Å². The summed E-state index contributed by atoms with van der Waals surface area (Å²) >= 11 is 0. The molecule has 0 aromatic heterocycles. The Morgan fingerprint density at radius 2 is 1.78 bits per heavy atom. The number of rotatable bonds is 6. The molecule has 0 aliphatic heterocycles. The summed E-state index contributed by atoms with van der Waals surface area (Å²) in [6.07, 6.45) is 1.99. The molecule has 0 bridgehead atoms. The highest BCUT2D eigenvalue weighted by molar-refractivity contribution is 7.90. The van der Waals surface area contributed by atoms with Gasteiger partial charge in [-0.3, -0.25) is 4.79 Å². The van der Waals surface area contributed by atoms with Crippen LogP contribution < -0.4 is 10.6 Å². The van der Waals surface area contributed by atoms with Crippen LogP contribution in [0.1, 0.15) is 16.8 Å². The molecule has 1 aromatic rings. The molecule has 0 saturated heterocycles. The van der Waals surface area contributed by atoms with Crippen LogP contribution in [0.2, 0.25) is 0 Å². The smallest absolute Gasteiger partial charge is 0.251 e. The topological polar surface area (TPSA) is 75.3 Å². The summed E-state index contributed by atoms with van der Waals surface area (Å²) in [5.74, 6) is -0.189. The number of hydrogen-bond acceptors (Lipinski definition) is 4. The van der Waals surface area contributed by atoms with Gasteiger partial charge in [-0.25, -0.2) is 8.42 Å². The predicted molar refractivity (Wildman–Crippen MR) is 70.4 cm³/mol. The number of benzene rings is 1. The van der Waals surface area contributed by atoms with Crippen LogP contribution >= 0.6 is 0 Å². The SMILES string of the molecule is CNCCCNC(=O)c1ccc(S(C)(=O)=O)cc1. The molecule has 1 rings (SSSR count). The highest BCUT2D eigenvalue weighted by Crippen LogP contribution is 2.10.